The van der Waals surface area contributed by atoms with Crippen LogP contribution >= 0.6 is 11.6 Å². The summed E-state index contributed by atoms with van der Waals surface area (Å²) in [7, 11) is 3.10. The number of ether oxygens (including phenoxy) is 4. The molecule has 1 N–H and O–H groups in total. The zero-order valence-corrected chi connectivity index (χ0v) is 19.6. The molecule has 0 fully saturated rings. The number of carbonyl (C=O) groups is 1. The van der Waals surface area contributed by atoms with Gasteiger partial charge in [-0.15, -0.1) is 0 Å². The molecule has 1 amide bonds. The molecule has 9 heteroatoms. The first kappa shape index (κ1) is 23.1. The molecule has 0 saturated heterocycles. The minimum Gasteiger partial charge on any atom is -0.493 e. The average molecular weight is 480 g/mol. The monoisotopic (exact) mass is 479 g/mol. The standard InChI is InChI=1S/C25H22ClN3O5/c1-15-6-4-5-7-16(15)13-33-25(30)29-20-9-8-17(10-19(20)26)34-24-18-11-22(31-2)23(32-3)12-21(18)27-14-28-24/h4-12,14H,13H2,1-3H3,(H,29,30). The zero-order valence-electron chi connectivity index (χ0n) is 18.8. The van der Waals surface area contributed by atoms with Crippen molar-refractivity contribution in [2.75, 3.05) is 19.5 Å². The Morgan fingerprint density at radius 2 is 1.76 bits per heavy atom. The van der Waals surface area contributed by atoms with Crippen LogP contribution in [0.5, 0.6) is 23.1 Å². The maximum absolute atomic E-state index is 12.2. The van der Waals surface area contributed by atoms with Crippen molar-refractivity contribution in [2.24, 2.45) is 0 Å². The molecule has 1 aromatic heterocycles. The van der Waals surface area contributed by atoms with Crippen molar-refractivity contribution in [3.05, 3.63) is 77.1 Å². The number of nitrogens with one attached hydrogen (secondary N) is 1. The van der Waals surface area contributed by atoms with E-state index in [-0.39, 0.29) is 11.6 Å². The fraction of sp³-hybridized carbons (Fsp3) is 0.160. The molecule has 3 aromatic carbocycles. The Kier molecular flexibility index (Phi) is 6.98. The van der Waals surface area contributed by atoms with Gasteiger partial charge in [-0.1, -0.05) is 35.9 Å². The Morgan fingerprint density at radius 3 is 2.50 bits per heavy atom. The van der Waals surface area contributed by atoms with Crippen LogP contribution in [0.3, 0.4) is 0 Å². The molecule has 0 unspecified atom stereocenters. The molecule has 174 valence electrons. The minimum atomic E-state index is -0.610. The normalized spacial score (nSPS) is 10.6. The number of hydrogen-bond acceptors (Lipinski definition) is 7. The Morgan fingerprint density at radius 1 is 1.00 bits per heavy atom. The van der Waals surface area contributed by atoms with Gasteiger partial charge in [-0.2, -0.15) is 0 Å². The van der Waals surface area contributed by atoms with Crippen LogP contribution in [0.1, 0.15) is 11.1 Å². The van der Waals surface area contributed by atoms with Crippen LogP contribution in [0.15, 0.2) is 60.9 Å². The second-order valence-electron chi connectivity index (χ2n) is 7.27. The molecule has 4 rings (SSSR count). The third-order valence-corrected chi connectivity index (χ3v) is 5.43. The van der Waals surface area contributed by atoms with E-state index in [1.165, 1.54) is 6.33 Å². The maximum atomic E-state index is 12.2. The summed E-state index contributed by atoms with van der Waals surface area (Å²) in [6.45, 7) is 2.12. The Hall–Kier alpha value is -4.04. The van der Waals surface area contributed by atoms with E-state index in [4.69, 9.17) is 30.5 Å². The summed E-state index contributed by atoms with van der Waals surface area (Å²) >= 11 is 6.37. The van der Waals surface area contributed by atoms with Crippen molar-refractivity contribution < 1.29 is 23.7 Å². The topological polar surface area (TPSA) is 91.8 Å². The number of fused-ring (bicyclic) bond motifs is 1. The summed E-state index contributed by atoms with van der Waals surface area (Å²) in [5, 5.41) is 3.56. The molecule has 0 aliphatic rings. The highest BCUT2D eigenvalue weighted by Gasteiger charge is 2.14. The zero-order chi connectivity index (χ0) is 24.1. The number of aromatic nitrogens is 2. The molecule has 1 heterocycles. The summed E-state index contributed by atoms with van der Waals surface area (Å²) in [4.78, 5) is 20.7. The van der Waals surface area contributed by atoms with Crippen LogP contribution in [0.4, 0.5) is 10.5 Å². The summed E-state index contributed by atoms with van der Waals surface area (Å²) < 4.78 is 21.9. The molecule has 0 aliphatic carbocycles. The third-order valence-electron chi connectivity index (χ3n) is 5.12. The summed E-state index contributed by atoms with van der Waals surface area (Å²) in [5.41, 5.74) is 2.99. The fourth-order valence-corrected chi connectivity index (χ4v) is 3.49. The van der Waals surface area contributed by atoms with Crippen molar-refractivity contribution in [3.8, 4) is 23.1 Å². The molecule has 0 radical (unpaired) electrons. The average Bonchev–Trinajstić information content (AvgIpc) is 2.84. The molecule has 0 saturated carbocycles. The number of halogens is 1. The molecule has 8 nitrogen and oxygen atoms in total. The lowest BCUT2D eigenvalue weighted by Crippen LogP contribution is -2.14. The van der Waals surface area contributed by atoms with Gasteiger partial charge in [-0.05, 0) is 36.2 Å². The van der Waals surface area contributed by atoms with Crippen LogP contribution in [0.2, 0.25) is 5.02 Å². The second kappa shape index (κ2) is 10.3. The van der Waals surface area contributed by atoms with Crippen molar-refractivity contribution in [1.29, 1.82) is 0 Å². The molecule has 0 spiro atoms. The van der Waals surface area contributed by atoms with Crippen molar-refractivity contribution in [2.45, 2.75) is 13.5 Å². The van der Waals surface area contributed by atoms with E-state index in [2.05, 4.69) is 15.3 Å². The van der Waals surface area contributed by atoms with E-state index in [0.29, 0.717) is 39.7 Å². The van der Waals surface area contributed by atoms with E-state index >= 15 is 0 Å². The van der Waals surface area contributed by atoms with E-state index in [1.54, 1.807) is 44.6 Å². The number of amides is 1. The van der Waals surface area contributed by atoms with Gasteiger partial charge in [0.2, 0.25) is 5.88 Å². The van der Waals surface area contributed by atoms with E-state index in [9.17, 15) is 4.79 Å². The highest BCUT2D eigenvalue weighted by atomic mass is 35.5. The van der Waals surface area contributed by atoms with E-state index in [0.717, 1.165) is 11.1 Å². The Bertz CT molecular complexity index is 1350. The molecule has 0 bridgehead atoms. The van der Waals surface area contributed by atoms with Gasteiger partial charge < -0.3 is 18.9 Å². The van der Waals surface area contributed by atoms with E-state index in [1.807, 2.05) is 31.2 Å². The van der Waals surface area contributed by atoms with Gasteiger partial charge in [0.15, 0.2) is 11.5 Å². The van der Waals surface area contributed by atoms with Crippen molar-refractivity contribution >= 4 is 34.3 Å². The molecule has 0 aliphatic heterocycles. The Labute approximate surface area is 201 Å². The number of benzene rings is 3. The second-order valence-corrected chi connectivity index (χ2v) is 7.68. The number of carbonyl (C=O) groups excluding carboxylic acids is 1. The lowest BCUT2D eigenvalue weighted by Gasteiger charge is -2.13. The highest BCUT2D eigenvalue weighted by Crippen LogP contribution is 2.36. The van der Waals surface area contributed by atoms with Crippen LogP contribution in [-0.2, 0) is 11.3 Å². The predicted molar refractivity (Wildman–Crippen MR) is 129 cm³/mol. The number of anilines is 1. The van der Waals surface area contributed by atoms with Gasteiger partial charge in [-0.25, -0.2) is 14.8 Å². The van der Waals surface area contributed by atoms with Gasteiger partial charge in [-0.3, -0.25) is 5.32 Å². The molecular formula is C25H22ClN3O5. The minimum absolute atomic E-state index is 0.159. The molecular weight excluding hydrogens is 458 g/mol. The molecule has 4 aromatic rings. The van der Waals surface area contributed by atoms with Gasteiger partial charge >= 0.3 is 6.09 Å². The number of aryl methyl sites for hydroxylation is 1. The first-order valence-electron chi connectivity index (χ1n) is 10.3. The predicted octanol–water partition coefficient (Wildman–Crippen LogP) is 6.15. The summed E-state index contributed by atoms with van der Waals surface area (Å²) in [6.07, 6.45) is 0.785. The van der Waals surface area contributed by atoms with Crippen LogP contribution in [0, 0.1) is 6.92 Å². The van der Waals surface area contributed by atoms with Crippen LogP contribution in [-0.4, -0.2) is 30.3 Å². The largest absolute Gasteiger partial charge is 0.493 e. The van der Waals surface area contributed by atoms with Crippen LogP contribution < -0.4 is 19.5 Å². The number of hydrogen-bond donors (Lipinski definition) is 1. The number of nitrogens with zero attached hydrogens (tertiary/aromatic N) is 2. The van der Waals surface area contributed by atoms with Crippen LogP contribution in [0.25, 0.3) is 10.9 Å². The lowest BCUT2D eigenvalue weighted by atomic mass is 10.1. The SMILES string of the molecule is COc1cc2ncnc(Oc3ccc(NC(=O)OCc4ccccc4C)c(Cl)c3)c2cc1OC. The van der Waals surface area contributed by atoms with Crippen molar-refractivity contribution in [1.82, 2.24) is 9.97 Å². The first-order valence-corrected chi connectivity index (χ1v) is 10.7. The van der Waals surface area contributed by atoms with Gasteiger partial charge in [0.1, 0.15) is 18.7 Å². The maximum Gasteiger partial charge on any atom is 0.412 e. The Balaban J connectivity index is 1.48. The first-order chi connectivity index (χ1) is 16.5. The summed E-state index contributed by atoms with van der Waals surface area (Å²) in [5.74, 6) is 1.82. The quantitative estimate of drug-likeness (QED) is 0.340. The lowest BCUT2D eigenvalue weighted by molar-refractivity contribution is 0.155. The summed E-state index contributed by atoms with van der Waals surface area (Å²) in [6, 6.07) is 16.0. The van der Waals surface area contributed by atoms with Crippen molar-refractivity contribution in [3.63, 3.8) is 0 Å². The van der Waals surface area contributed by atoms with E-state index < -0.39 is 6.09 Å². The number of methoxy groups -OCH3 is 2. The number of rotatable bonds is 7. The third kappa shape index (κ3) is 5.13. The van der Waals surface area contributed by atoms with Gasteiger partial charge in [0, 0.05) is 12.1 Å². The van der Waals surface area contributed by atoms with Gasteiger partial charge in [0.25, 0.3) is 0 Å². The smallest absolute Gasteiger partial charge is 0.412 e. The molecule has 0 atom stereocenters. The molecule has 34 heavy (non-hydrogen) atoms. The highest BCUT2D eigenvalue weighted by molar-refractivity contribution is 6.33. The fourth-order valence-electron chi connectivity index (χ4n) is 3.27. The van der Waals surface area contributed by atoms with Gasteiger partial charge in [0.05, 0.1) is 35.8 Å².